The van der Waals surface area contributed by atoms with Crippen molar-refractivity contribution in [1.82, 2.24) is 25.3 Å². The van der Waals surface area contributed by atoms with Crippen molar-refractivity contribution in [2.75, 3.05) is 5.73 Å². The number of hydrogen-bond acceptors (Lipinski definition) is 6. The zero-order chi connectivity index (χ0) is 19.3. The van der Waals surface area contributed by atoms with Crippen molar-refractivity contribution in [1.29, 1.82) is 0 Å². The summed E-state index contributed by atoms with van der Waals surface area (Å²) < 4.78 is 5.79. The minimum Gasteiger partial charge on any atom is -0.471 e. The summed E-state index contributed by atoms with van der Waals surface area (Å²) in [5, 5.41) is 3.06. The van der Waals surface area contributed by atoms with Gasteiger partial charge in [-0.1, -0.05) is 43.5 Å². The lowest BCUT2D eigenvalue weighted by Gasteiger charge is -2.20. The monoisotopic (exact) mass is 380 g/mol. The predicted octanol–water partition coefficient (Wildman–Crippen LogP) is 2.71. The van der Waals surface area contributed by atoms with Gasteiger partial charge in [-0.3, -0.25) is 4.79 Å². The molecule has 0 radical (unpaired) electrons. The van der Waals surface area contributed by atoms with Crippen LogP contribution in [-0.2, 0) is 17.9 Å². The third kappa shape index (κ3) is 4.21. The van der Waals surface area contributed by atoms with Gasteiger partial charge in [-0.25, -0.2) is 4.98 Å². The highest BCUT2D eigenvalue weighted by atomic mass is 16.5. The van der Waals surface area contributed by atoms with Crippen molar-refractivity contribution in [3.8, 4) is 5.88 Å². The number of nitrogen functional groups attached to an aromatic ring is 1. The maximum atomic E-state index is 12.2. The number of hydrogen-bond donors (Lipinski definition) is 3. The number of nitrogens with zero attached hydrogens (tertiary/aromatic N) is 3. The van der Waals surface area contributed by atoms with E-state index in [1.165, 1.54) is 12.7 Å². The molecule has 146 valence electrons. The molecule has 2 aromatic heterocycles. The Morgan fingerprint density at radius 3 is 2.68 bits per heavy atom. The van der Waals surface area contributed by atoms with Crippen molar-refractivity contribution >= 4 is 23.0 Å². The maximum Gasteiger partial charge on any atom is 0.245 e. The molecule has 1 fully saturated rings. The largest absolute Gasteiger partial charge is 0.471 e. The number of rotatable bonds is 6. The van der Waals surface area contributed by atoms with Crippen LogP contribution in [0.25, 0.3) is 11.2 Å². The number of aromatic nitrogens is 4. The Morgan fingerprint density at radius 2 is 1.89 bits per heavy atom. The molecule has 1 aliphatic rings. The third-order valence-electron chi connectivity index (χ3n) is 5.11. The summed E-state index contributed by atoms with van der Waals surface area (Å²) >= 11 is 0. The Bertz CT molecular complexity index is 947. The normalized spacial score (nSPS) is 14.9. The Kier molecular flexibility index (Phi) is 5.36. The first kappa shape index (κ1) is 18.2. The van der Waals surface area contributed by atoms with Crippen molar-refractivity contribution in [3.05, 3.63) is 41.7 Å². The number of H-pyrrole nitrogens is 1. The van der Waals surface area contributed by atoms with Crippen LogP contribution in [0.4, 0.5) is 5.95 Å². The van der Waals surface area contributed by atoms with Gasteiger partial charge in [0.05, 0.1) is 6.33 Å². The lowest BCUT2D eigenvalue weighted by molar-refractivity contribution is -0.126. The van der Waals surface area contributed by atoms with Crippen LogP contribution >= 0.6 is 0 Å². The lowest BCUT2D eigenvalue weighted by atomic mass is 9.88. The van der Waals surface area contributed by atoms with Gasteiger partial charge in [0.15, 0.2) is 5.65 Å². The van der Waals surface area contributed by atoms with E-state index in [0.717, 1.165) is 36.8 Å². The molecule has 0 atom stereocenters. The fourth-order valence-corrected chi connectivity index (χ4v) is 3.53. The van der Waals surface area contributed by atoms with E-state index in [1.807, 2.05) is 24.3 Å². The number of benzene rings is 1. The number of carbonyl (C=O) groups is 1. The Morgan fingerprint density at radius 1 is 1.14 bits per heavy atom. The first-order chi connectivity index (χ1) is 13.7. The molecule has 0 bridgehead atoms. The highest BCUT2D eigenvalue weighted by Gasteiger charge is 2.20. The van der Waals surface area contributed by atoms with E-state index < -0.39 is 0 Å². The Labute approximate surface area is 162 Å². The molecule has 1 aromatic carbocycles. The van der Waals surface area contributed by atoms with E-state index >= 15 is 0 Å². The second-order valence-electron chi connectivity index (χ2n) is 7.15. The van der Waals surface area contributed by atoms with Gasteiger partial charge in [0.2, 0.25) is 17.7 Å². The van der Waals surface area contributed by atoms with Crippen LogP contribution < -0.4 is 15.8 Å². The molecule has 8 heteroatoms. The summed E-state index contributed by atoms with van der Waals surface area (Å²) in [6, 6.07) is 7.97. The minimum absolute atomic E-state index is 0.124. The number of nitrogens with two attached hydrogens (primary N) is 1. The molecule has 4 N–H and O–H groups in total. The van der Waals surface area contributed by atoms with Crippen LogP contribution in [0.3, 0.4) is 0 Å². The molecule has 3 aromatic rings. The molecule has 0 unspecified atom stereocenters. The molecular weight excluding hydrogens is 356 g/mol. The third-order valence-corrected chi connectivity index (χ3v) is 5.11. The van der Waals surface area contributed by atoms with Gasteiger partial charge in [0.25, 0.3) is 0 Å². The Balaban J connectivity index is 1.32. The number of imidazole rings is 1. The molecule has 1 saturated carbocycles. The van der Waals surface area contributed by atoms with E-state index in [9.17, 15) is 4.79 Å². The van der Waals surface area contributed by atoms with Crippen molar-refractivity contribution in [3.63, 3.8) is 0 Å². The average Bonchev–Trinajstić information content (AvgIpc) is 3.20. The SMILES string of the molecule is Nc1nc(OCc2ccc(CNC(=O)C3CCCCC3)cc2)c2[nH]cnc2n1. The van der Waals surface area contributed by atoms with Gasteiger partial charge in [-0.2, -0.15) is 9.97 Å². The van der Waals surface area contributed by atoms with Crippen LogP contribution in [0.2, 0.25) is 0 Å². The lowest BCUT2D eigenvalue weighted by Crippen LogP contribution is -2.31. The van der Waals surface area contributed by atoms with E-state index in [1.54, 1.807) is 0 Å². The second kappa shape index (κ2) is 8.24. The number of fused-ring (bicyclic) bond motifs is 1. The highest BCUT2D eigenvalue weighted by molar-refractivity contribution is 5.78. The van der Waals surface area contributed by atoms with Crippen LogP contribution in [-0.4, -0.2) is 25.8 Å². The maximum absolute atomic E-state index is 12.2. The van der Waals surface area contributed by atoms with E-state index in [4.69, 9.17) is 10.5 Å². The van der Waals surface area contributed by atoms with E-state index in [0.29, 0.717) is 30.2 Å². The summed E-state index contributed by atoms with van der Waals surface area (Å²) in [5.74, 6) is 0.862. The summed E-state index contributed by atoms with van der Waals surface area (Å²) in [6.07, 6.45) is 7.13. The number of amides is 1. The van der Waals surface area contributed by atoms with Crippen LogP contribution in [0.15, 0.2) is 30.6 Å². The van der Waals surface area contributed by atoms with Crippen molar-refractivity contribution in [2.45, 2.75) is 45.3 Å². The van der Waals surface area contributed by atoms with Gasteiger partial charge >= 0.3 is 0 Å². The van der Waals surface area contributed by atoms with Crippen molar-refractivity contribution < 1.29 is 9.53 Å². The minimum atomic E-state index is 0.124. The van der Waals surface area contributed by atoms with Gasteiger partial charge in [0.1, 0.15) is 12.1 Å². The summed E-state index contributed by atoms with van der Waals surface area (Å²) in [5.41, 5.74) is 8.85. The second-order valence-corrected chi connectivity index (χ2v) is 7.15. The van der Waals surface area contributed by atoms with E-state index in [-0.39, 0.29) is 17.8 Å². The van der Waals surface area contributed by atoms with Crippen molar-refractivity contribution in [2.24, 2.45) is 5.92 Å². The molecule has 8 nitrogen and oxygen atoms in total. The molecule has 4 rings (SSSR count). The predicted molar refractivity (Wildman–Crippen MR) is 105 cm³/mol. The molecule has 0 aliphatic heterocycles. The van der Waals surface area contributed by atoms with Gasteiger partial charge in [0, 0.05) is 12.5 Å². The van der Waals surface area contributed by atoms with Gasteiger partial charge in [-0.05, 0) is 24.0 Å². The molecule has 0 spiro atoms. The number of carbonyl (C=O) groups excluding carboxylic acids is 1. The average molecular weight is 380 g/mol. The molecule has 1 amide bonds. The fraction of sp³-hybridized carbons (Fsp3) is 0.400. The highest BCUT2D eigenvalue weighted by Crippen LogP contribution is 2.24. The van der Waals surface area contributed by atoms with Crippen LogP contribution in [0.5, 0.6) is 5.88 Å². The van der Waals surface area contributed by atoms with Gasteiger partial charge in [-0.15, -0.1) is 0 Å². The number of anilines is 1. The zero-order valence-corrected chi connectivity index (χ0v) is 15.6. The van der Waals surface area contributed by atoms with E-state index in [2.05, 4.69) is 25.3 Å². The molecule has 28 heavy (non-hydrogen) atoms. The number of nitrogens with one attached hydrogen (secondary N) is 2. The molecule has 2 heterocycles. The molecular formula is C20H24N6O2. The summed E-state index contributed by atoms with van der Waals surface area (Å²) in [6.45, 7) is 0.896. The number of ether oxygens (including phenoxy) is 1. The standard InChI is InChI=1S/C20H24N6O2/c21-20-25-17-16(23-12-24-17)19(26-20)28-11-14-8-6-13(7-9-14)10-22-18(27)15-4-2-1-3-5-15/h6-9,12,15H,1-5,10-11H2,(H,22,27)(H3,21,23,24,25,26). The van der Waals surface area contributed by atoms with Crippen LogP contribution in [0, 0.1) is 5.92 Å². The summed E-state index contributed by atoms with van der Waals surface area (Å²) in [7, 11) is 0. The fourth-order valence-electron chi connectivity index (χ4n) is 3.53. The summed E-state index contributed by atoms with van der Waals surface area (Å²) in [4.78, 5) is 27.4. The smallest absolute Gasteiger partial charge is 0.245 e. The van der Waals surface area contributed by atoms with Crippen LogP contribution in [0.1, 0.15) is 43.2 Å². The quantitative estimate of drug-likeness (QED) is 0.605. The Hall–Kier alpha value is -3.16. The first-order valence-electron chi connectivity index (χ1n) is 9.64. The number of aromatic amines is 1. The molecule has 0 saturated heterocycles. The van der Waals surface area contributed by atoms with Gasteiger partial charge < -0.3 is 20.8 Å². The topological polar surface area (TPSA) is 119 Å². The zero-order valence-electron chi connectivity index (χ0n) is 15.6. The molecule has 1 aliphatic carbocycles. The first-order valence-corrected chi connectivity index (χ1v) is 9.64.